The summed E-state index contributed by atoms with van der Waals surface area (Å²) >= 11 is 0. The molecule has 1 saturated heterocycles. The second kappa shape index (κ2) is 7.43. The average Bonchev–Trinajstić information content (AvgIpc) is 2.83. The number of nitrogens with one attached hydrogen (secondary N) is 2. The van der Waals surface area contributed by atoms with E-state index in [4.69, 9.17) is 4.74 Å². The zero-order chi connectivity index (χ0) is 18.7. The highest BCUT2D eigenvalue weighted by Crippen LogP contribution is 2.13. The molecule has 0 bridgehead atoms. The number of alkyl carbamates (subject to hydrolysis) is 1. The third-order valence-electron chi connectivity index (χ3n) is 3.62. The van der Waals surface area contributed by atoms with Crippen LogP contribution in [0.2, 0.25) is 0 Å². The molecule has 2 amide bonds. The lowest BCUT2D eigenvalue weighted by Gasteiger charge is -2.19. The monoisotopic (exact) mass is 368 g/mol. The Kier molecular flexibility index (Phi) is 5.72. The first-order valence-electron chi connectivity index (χ1n) is 8.11. The number of amides is 2. The molecule has 8 heteroatoms. The van der Waals surface area contributed by atoms with Crippen molar-refractivity contribution in [1.29, 1.82) is 0 Å². The Labute approximate surface area is 148 Å². The van der Waals surface area contributed by atoms with E-state index in [0.29, 0.717) is 12.0 Å². The van der Waals surface area contributed by atoms with Gasteiger partial charge in [0.1, 0.15) is 5.60 Å². The van der Waals surface area contributed by atoms with Crippen molar-refractivity contribution in [1.82, 2.24) is 10.6 Å². The standard InChI is InChI=1S/C17H24N2O5S/c1-17(2,3)24-16(21)18-10-12-4-6-13(7-5-12)15(20)19-14-8-9-25(22,23)11-14/h4-7,14H,8-11H2,1-3H3,(H,18,21)(H,19,20)/t14-/m0/s1. The summed E-state index contributed by atoms with van der Waals surface area (Å²) in [5, 5.41) is 5.38. The van der Waals surface area contributed by atoms with Crippen LogP contribution in [0, 0.1) is 0 Å². The first-order valence-corrected chi connectivity index (χ1v) is 9.93. The SMILES string of the molecule is CC(C)(C)OC(=O)NCc1ccc(C(=O)N[C@H]2CCS(=O)(=O)C2)cc1. The van der Waals surface area contributed by atoms with Gasteiger partial charge in [0.2, 0.25) is 0 Å². The second-order valence-corrected chi connectivity index (χ2v) is 9.35. The molecule has 1 aromatic rings. The molecular weight excluding hydrogens is 344 g/mol. The molecule has 1 aliphatic rings. The third kappa shape index (κ3) is 6.38. The third-order valence-corrected chi connectivity index (χ3v) is 5.39. The van der Waals surface area contributed by atoms with Crippen LogP contribution >= 0.6 is 0 Å². The van der Waals surface area contributed by atoms with Crippen molar-refractivity contribution in [2.45, 2.75) is 45.4 Å². The van der Waals surface area contributed by atoms with Crippen molar-refractivity contribution >= 4 is 21.8 Å². The smallest absolute Gasteiger partial charge is 0.407 e. The number of hydrogen-bond donors (Lipinski definition) is 2. The molecule has 7 nitrogen and oxygen atoms in total. The first-order chi connectivity index (χ1) is 11.5. The number of carbonyl (C=O) groups is 2. The molecule has 0 radical (unpaired) electrons. The highest BCUT2D eigenvalue weighted by atomic mass is 32.2. The van der Waals surface area contributed by atoms with Gasteiger partial charge in [0.15, 0.2) is 9.84 Å². The van der Waals surface area contributed by atoms with Crippen LogP contribution in [0.4, 0.5) is 4.79 Å². The fourth-order valence-corrected chi connectivity index (χ4v) is 4.11. The summed E-state index contributed by atoms with van der Waals surface area (Å²) in [5.74, 6) is -0.183. The van der Waals surface area contributed by atoms with Crippen molar-refractivity contribution in [3.8, 4) is 0 Å². The molecule has 2 N–H and O–H groups in total. The molecule has 2 rings (SSSR count). The van der Waals surface area contributed by atoms with E-state index in [1.807, 2.05) is 0 Å². The summed E-state index contributed by atoms with van der Waals surface area (Å²) in [5.41, 5.74) is 0.718. The summed E-state index contributed by atoms with van der Waals surface area (Å²) in [6.45, 7) is 5.65. The van der Waals surface area contributed by atoms with Gasteiger partial charge in [0, 0.05) is 18.2 Å². The van der Waals surface area contributed by atoms with Crippen molar-refractivity contribution in [2.24, 2.45) is 0 Å². The van der Waals surface area contributed by atoms with Gasteiger partial charge in [-0.3, -0.25) is 4.79 Å². The molecule has 0 aromatic heterocycles. The zero-order valence-corrected chi connectivity index (χ0v) is 15.5. The fourth-order valence-electron chi connectivity index (χ4n) is 2.44. The summed E-state index contributed by atoms with van der Waals surface area (Å²) in [4.78, 5) is 23.8. The Balaban J connectivity index is 1.85. The van der Waals surface area contributed by atoms with Gasteiger partial charge in [-0.2, -0.15) is 0 Å². The molecule has 25 heavy (non-hydrogen) atoms. The minimum atomic E-state index is -3.03. The number of carbonyl (C=O) groups excluding carboxylic acids is 2. The Morgan fingerprint density at radius 3 is 2.36 bits per heavy atom. The highest BCUT2D eigenvalue weighted by molar-refractivity contribution is 7.91. The average molecular weight is 368 g/mol. The van der Waals surface area contributed by atoms with E-state index in [1.54, 1.807) is 45.0 Å². The van der Waals surface area contributed by atoms with Gasteiger partial charge < -0.3 is 15.4 Å². The van der Waals surface area contributed by atoms with Crippen molar-refractivity contribution in [2.75, 3.05) is 11.5 Å². The highest BCUT2D eigenvalue weighted by Gasteiger charge is 2.29. The van der Waals surface area contributed by atoms with Crippen molar-refractivity contribution in [3.63, 3.8) is 0 Å². The van der Waals surface area contributed by atoms with Crippen molar-refractivity contribution in [3.05, 3.63) is 35.4 Å². The molecule has 1 fully saturated rings. The lowest BCUT2D eigenvalue weighted by molar-refractivity contribution is 0.0523. The van der Waals surface area contributed by atoms with Gasteiger partial charge in [-0.15, -0.1) is 0 Å². The lowest BCUT2D eigenvalue weighted by atomic mass is 10.1. The lowest BCUT2D eigenvalue weighted by Crippen LogP contribution is -2.35. The molecule has 1 atom stereocenters. The number of sulfone groups is 1. The zero-order valence-electron chi connectivity index (χ0n) is 14.7. The minimum Gasteiger partial charge on any atom is -0.444 e. The Hall–Kier alpha value is -2.09. The summed E-state index contributed by atoms with van der Waals surface area (Å²) < 4.78 is 28.0. The van der Waals surface area contributed by atoms with E-state index in [2.05, 4.69) is 10.6 Å². The predicted molar refractivity (Wildman–Crippen MR) is 94.0 cm³/mol. The van der Waals surface area contributed by atoms with E-state index in [0.717, 1.165) is 5.56 Å². The Morgan fingerprint density at radius 2 is 1.84 bits per heavy atom. The molecule has 0 saturated carbocycles. The van der Waals surface area contributed by atoms with Crippen LogP contribution < -0.4 is 10.6 Å². The van der Waals surface area contributed by atoms with Crippen LogP contribution in [0.5, 0.6) is 0 Å². The van der Waals surface area contributed by atoms with Crippen LogP contribution in [-0.2, 0) is 21.1 Å². The Morgan fingerprint density at radius 1 is 1.20 bits per heavy atom. The maximum Gasteiger partial charge on any atom is 0.407 e. The Bertz CT molecular complexity index is 735. The minimum absolute atomic E-state index is 0.00334. The first kappa shape index (κ1) is 19.2. The van der Waals surface area contributed by atoms with E-state index >= 15 is 0 Å². The van der Waals surface area contributed by atoms with Gasteiger partial charge in [0.05, 0.1) is 11.5 Å². The maximum absolute atomic E-state index is 12.2. The van der Waals surface area contributed by atoms with Gasteiger partial charge in [-0.1, -0.05) is 12.1 Å². The molecular formula is C17H24N2O5S. The van der Waals surface area contributed by atoms with Crippen LogP contribution in [0.1, 0.15) is 43.1 Å². The van der Waals surface area contributed by atoms with E-state index in [9.17, 15) is 18.0 Å². The summed E-state index contributed by atoms with van der Waals surface area (Å²) in [6, 6.07) is 6.43. The number of benzene rings is 1. The van der Waals surface area contributed by atoms with E-state index < -0.39 is 21.5 Å². The van der Waals surface area contributed by atoms with Gasteiger partial charge >= 0.3 is 6.09 Å². The van der Waals surface area contributed by atoms with Crippen LogP contribution in [0.25, 0.3) is 0 Å². The molecule has 0 unspecified atom stereocenters. The van der Waals surface area contributed by atoms with Crippen molar-refractivity contribution < 1.29 is 22.7 Å². The topological polar surface area (TPSA) is 102 Å². The number of hydrogen-bond acceptors (Lipinski definition) is 5. The summed E-state index contributed by atoms with van der Waals surface area (Å²) in [7, 11) is -3.03. The quantitative estimate of drug-likeness (QED) is 0.841. The second-order valence-electron chi connectivity index (χ2n) is 7.13. The molecule has 0 aliphatic carbocycles. The van der Waals surface area contributed by atoms with Crippen LogP contribution in [-0.4, -0.2) is 43.6 Å². The number of rotatable bonds is 4. The van der Waals surface area contributed by atoms with E-state index in [-0.39, 0.29) is 30.0 Å². The maximum atomic E-state index is 12.2. The summed E-state index contributed by atoms with van der Waals surface area (Å²) in [6.07, 6.45) is -0.0526. The molecule has 1 aromatic carbocycles. The van der Waals surface area contributed by atoms with E-state index in [1.165, 1.54) is 0 Å². The van der Waals surface area contributed by atoms with Gasteiger partial charge in [0.25, 0.3) is 5.91 Å². The molecule has 1 aliphatic heterocycles. The predicted octanol–water partition coefficient (Wildman–Crippen LogP) is 1.63. The number of ether oxygens (including phenoxy) is 1. The van der Waals surface area contributed by atoms with Gasteiger partial charge in [-0.05, 0) is 44.9 Å². The molecule has 1 heterocycles. The van der Waals surface area contributed by atoms with Crippen LogP contribution in [0.15, 0.2) is 24.3 Å². The largest absolute Gasteiger partial charge is 0.444 e. The molecule has 0 spiro atoms. The van der Waals surface area contributed by atoms with Crippen LogP contribution in [0.3, 0.4) is 0 Å². The normalized spacial score (nSPS) is 19.2. The van der Waals surface area contributed by atoms with Gasteiger partial charge in [-0.25, -0.2) is 13.2 Å². The molecule has 138 valence electrons. The fraction of sp³-hybridized carbons (Fsp3) is 0.529.